The molecule has 0 aliphatic heterocycles. The van der Waals surface area contributed by atoms with Gasteiger partial charge < -0.3 is 5.32 Å². The van der Waals surface area contributed by atoms with Gasteiger partial charge in [-0.25, -0.2) is 4.68 Å². The van der Waals surface area contributed by atoms with Crippen LogP contribution in [-0.4, -0.2) is 21.6 Å². The molecule has 5 nitrogen and oxygen atoms in total. The summed E-state index contributed by atoms with van der Waals surface area (Å²) >= 11 is 5.12. The number of thiophene rings is 1. The Labute approximate surface area is 190 Å². The Bertz CT molecular complexity index is 1010. The molecule has 0 radical (unpaired) electrons. The van der Waals surface area contributed by atoms with E-state index in [0.717, 1.165) is 30.4 Å². The summed E-state index contributed by atoms with van der Waals surface area (Å²) in [5, 5.41) is 9.89. The fourth-order valence-corrected chi connectivity index (χ4v) is 6.71. The highest BCUT2D eigenvalue weighted by Gasteiger charge is 2.56. The van der Waals surface area contributed by atoms with Crippen LogP contribution < -0.4 is 10.9 Å². The minimum absolute atomic E-state index is 0.0142. The third kappa shape index (κ3) is 3.91. The normalized spacial score (nSPS) is 26.8. The van der Waals surface area contributed by atoms with Crippen molar-refractivity contribution < 1.29 is 4.79 Å². The first-order chi connectivity index (χ1) is 14.2. The van der Waals surface area contributed by atoms with E-state index >= 15 is 0 Å². The van der Waals surface area contributed by atoms with E-state index in [-0.39, 0.29) is 17.9 Å². The predicted octanol–water partition coefficient (Wildman–Crippen LogP) is 5.06. The summed E-state index contributed by atoms with van der Waals surface area (Å²) < 4.78 is 1.73. The number of carbonyl (C=O) groups excluding carboxylic acids is 1. The topological polar surface area (TPSA) is 64.0 Å². The highest BCUT2D eigenvalue weighted by molar-refractivity contribution is 9.10. The molecule has 3 saturated carbocycles. The smallest absolute Gasteiger partial charge is 0.283 e. The van der Waals surface area contributed by atoms with Gasteiger partial charge in [0, 0.05) is 17.3 Å². The van der Waals surface area contributed by atoms with Gasteiger partial charge in [0.05, 0.1) is 11.9 Å². The van der Waals surface area contributed by atoms with Crippen molar-refractivity contribution in [2.75, 3.05) is 5.32 Å². The number of hydrogen-bond donors (Lipinski definition) is 1. The summed E-state index contributed by atoms with van der Waals surface area (Å²) in [6.07, 6.45) is 5.27. The lowest BCUT2D eigenvalue weighted by molar-refractivity contribution is -0.119. The largest absolute Gasteiger partial charge is 0.380 e. The maximum atomic E-state index is 12.8. The Morgan fingerprint density at radius 2 is 2.17 bits per heavy atom. The van der Waals surface area contributed by atoms with Crippen LogP contribution in [0.15, 0.2) is 26.9 Å². The number of Topliss-reactive ketones (excluding diaryl/α,β-unsaturated/α-hetero) is 1. The molecule has 3 aliphatic rings. The molecular formula is C23H30BrN3O2S. The van der Waals surface area contributed by atoms with E-state index in [1.807, 2.05) is 5.38 Å². The number of hydrogen-bond acceptors (Lipinski definition) is 5. The molecule has 1 N–H and O–H groups in total. The van der Waals surface area contributed by atoms with Crippen LogP contribution in [0, 0.1) is 30.1 Å². The van der Waals surface area contributed by atoms with Crippen molar-refractivity contribution in [3.05, 3.63) is 42.9 Å². The molecule has 3 aliphatic carbocycles. The van der Waals surface area contributed by atoms with Gasteiger partial charge in [0.2, 0.25) is 0 Å². The first-order valence-corrected chi connectivity index (χ1v) is 12.4. The Kier molecular flexibility index (Phi) is 5.96. The van der Waals surface area contributed by atoms with Gasteiger partial charge in [-0.2, -0.15) is 5.10 Å². The van der Waals surface area contributed by atoms with Gasteiger partial charge in [0.25, 0.3) is 5.56 Å². The second-order valence-corrected chi connectivity index (χ2v) is 11.4. The number of rotatable bonds is 7. The molecule has 2 bridgehead atoms. The van der Waals surface area contributed by atoms with Crippen molar-refractivity contribution in [1.82, 2.24) is 9.78 Å². The van der Waals surface area contributed by atoms with Gasteiger partial charge in [0.15, 0.2) is 5.78 Å². The SMILES string of the molecule is Cc1ccsc1CCC(=O)Cn1ncc(N[C@@H]2C[C@H]3C[C@@H]([C@H]2C)C3(C)C)c(Br)c1=O. The van der Waals surface area contributed by atoms with Crippen molar-refractivity contribution in [1.29, 1.82) is 0 Å². The zero-order valence-corrected chi connectivity index (χ0v) is 20.5. The van der Waals surface area contributed by atoms with E-state index in [1.165, 1.54) is 21.5 Å². The lowest BCUT2D eigenvalue weighted by Crippen LogP contribution is -2.58. The minimum Gasteiger partial charge on any atom is -0.380 e. The summed E-state index contributed by atoms with van der Waals surface area (Å²) in [4.78, 5) is 26.4. The molecule has 5 rings (SSSR count). The molecule has 0 unspecified atom stereocenters. The molecule has 3 fully saturated rings. The van der Waals surface area contributed by atoms with E-state index in [2.05, 4.69) is 60.1 Å². The molecule has 0 saturated heterocycles. The Morgan fingerprint density at radius 1 is 1.40 bits per heavy atom. The third-order valence-electron chi connectivity index (χ3n) is 7.61. The maximum Gasteiger partial charge on any atom is 0.283 e. The monoisotopic (exact) mass is 491 g/mol. The summed E-state index contributed by atoms with van der Waals surface area (Å²) in [6, 6.07) is 2.42. The molecule has 0 spiro atoms. The van der Waals surface area contributed by atoms with Crippen molar-refractivity contribution in [2.24, 2.45) is 23.2 Å². The quantitative estimate of drug-likeness (QED) is 0.587. The summed E-state index contributed by atoms with van der Waals surface area (Å²) in [5.74, 6) is 2.05. The number of fused-ring (bicyclic) bond motifs is 2. The zero-order chi connectivity index (χ0) is 21.6. The van der Waals surface area contributed by atoms with E-state index in [9.17, 15) is 9.59 Å². The van der Waals surface area contributed by atoms with Crippen molar-refractivity contribution >= 4 is 38.7 Å². The molecule has 0 aromatic carbocycles. The Balaban J connectivity index is 1.39. The predicted molar refractivity (Wildman–Crippen MR) is 125 cm³/mol. The summed E-state index contributed by atoms with van der Waals surface area (Å²) in [7, 11) is 0. The fourth-order valence-electron chi connectivity index (χ4n) is 5.38. The van der Waals surface area contributed by atoms with Gasteiger partial charge in [-0.1, -0.05) is 20.8 Å². The third-order valence-corrected chi connectivity index (χ3v) is 9.45. The molecule has 0 amide bonds. The van der Waals surface area contributed by atoms with E-state index in [1.54, 1.807) is 17.5 Å². The number of aryl methyl sites for hydroxylation is 2. The van der Waals surface area contributed by atoms with E-state index in [0.29, 0.717) is 28.3 Å². The van der Waals surface area contributed by atoms with Gasteiger partial charge in [-0.15, -0.1) is 11.3 Å². The van der Waals surface area contributed by atoms with Crippen LogP contribution in [0.3, 0.4) is 0 Å². The number of nitrogens with one attached hydrogen (secondary N) is 1. The number of nitrogens with zero attached hydrogens (tertiary/aromatic N) is 2. The standard InChI is InChI=1S/C23H30BrN3O2S/c1-13-7-8-30-20(13)6-5-16(28)12-27-22(29)21(24)19(11-25-27)26-18-10-15-9-17(14(18)2)23(15,3)4/h7-8,11,14-15,17-18,26H,5-6,9-10,12H2,1-4H3/t14-,15-,17+,18-/m1/s1. The number of halogens is 1. The number of carbonyl (C=O) groups is 1. The highest BCUT2D eigenvalue weighted by atomic mass is 79.9. The molecule has 30 heavy (non-hydrogen) atoms. The van der Waals surface area contributed by atoms with Crippen LogP contribution in [0.1, 0.15) is 50.5 Å². The molecule has 2 heterocycles. The van der Waals surface area contributed by atoms with Gasteiger partial charge in [0.1, 0.15) is 11.0 Å². The average Bonchev–Trinajstić information content (AvgIpc) is 3.11. The molecule has 2 aromatic heterocycles. The minimum atomic E-state index is -0.255. The van der Waals surface area contributed by atoms with Crippen molar-refractivity contribution in [2.45, 2.75) is 66.0 Å². The summed E-state index contributed by atoms with van der Waals surface area (Å²) in [6.45, 7) is 9.15. The molecule has 7 heteroatoms. The van der Waals surface area contributed by atoms with Crippen molar-refractivity contribution in [3.63, 3.8) is 0 Å². The first kappa shape index (κ1) is 21.8. The summed E-state index contributed by atoms with van der Waals surface area (Å²) in [5.41, 5.74) is 2.13. The van der Waals surface area contributed by atoms with E-state index in [4.69, 9.17) is 0 Å². The molecule has 162 valence electrons. The zero-order valence-electron chi connectivity index (χ0n) is 18.1. The second kappa shape index (κ2) is 8.23. The first-order valence-electron chi connectivity index (χ1n) is 10.7. The Morgan fingerprint density at radius 3 is 2.80 bits per heavy atom. The molecular weight excluding hydrogens is 462 g/mol. The van der Waals surface area contributed by atoms with Crippen molar-refractivity contribution in [3.8, 4) is 0 Å². The second-order valence-electron chi connectivity index (χ2n) is 9.61. The van der Waals surface area contributed by atoms with Crippen LogP contribution in [0.5, 0.6) is 0 Å². The lowest BCUT2D eigenvalue weighted by Gasteiger charge is -2.62. The number of ketones is 1. The van der Waals surface area contributed by atoms with Crippen LogP contribution in [-0.2, 0) is 17.8 Å². The molecule has 2 aromatic rings. The van der Waals surface area contributed by atoms with E-state index < -0.39 is 0 Å². The van der Waals surface area contributed by atoms with Crippen LogP contribution in [0.25, 0.3) is 0 Å². The number of aromatic nitrogens is 2. The average molecular weight is 492 g/mol. The highest BCUT2D eigenvalue weighted by Crippen LogP contribution is 2.61. The fraction of sp³-hybridized carbons (Fsp3) is 0.609. The van der Waals surface area contributed by atoms with Gasteiger partial charge >= 0.3 is 0 Å². The van der Waals surface area contributed by atoms with Crippen LogP contribution >= 0.6 is 27.3 Å². The Hall–Kier alpha value is -1.47. The maximum absolute atomic E-state index is 12.8. The van der Waals surface area contributed by atoms with Crippen LogP contribution in [0.4, 0.5) is 5.69 Å². The van der Waals surface area contributed by atoms with Crippen LogP contribution in [0.2, 0.25) is 0 Å². The lowest BCUT2D eigenvalue weighted by atomic mass is 9.45. The molecule has 4 atom stereocenters. The number of anilines is 1. The van der Waals surface area contributed by atoms with Gasteiger partial charge in [-0.05, 0) is 82.3 Å². The van der Waals surface area contributed by atoms with Gasteiger partial charge in [-0.3, -0.25) is 9.59 Å².